The van der Waals surface area contributed by atoms with E-state index in [0.29, 0.717) is 5.95 Å². The van der Waals surface area contributed by atoms with Gasteiger partial charge in [0, 0.05) is 5.69 Å². The Hall–Kier alpha value is -2.21. The number of ether oxygens (including phenoxy) is 1. The number of carbonyl (C=O) groups is 1. The third kappa shape index (κ3) is 3.89. The fourth-order valence-electron chi connectivity index (χ4n) is 1.46. The van der Waals surface area contributed by atoms with Crippen molar-refractivity contribution in [1.29, 1.82) is 0 Å². The summed E-state index contributed by atoms with van der Waals surface area (Å²) in [5.74, 6) is 0.0515. The van der Waals surface area contributed by atoms with Gasteiger partial charge in [-0.1, -0.05) is 12.1 Å². The predicted octanol–water partition coefficient (Wildman–Crippen LogP) is 1.98. The van der Waals surface area contributed by atoms with Crippen LogP contribution in [0.5, 0.6) is 0 Å². The summed E-state index contributed by atoms with van der Waals surface area (Å²) in [6.07, 6.45) is 1.53. The number of hydrogen-bond donors (Lipinski definition) is 1. The summed E-state index contributed by atoms with van der Waals surface area (Å²) in [6, 6.07) is 7.30. The molecule has 0 saturated heterocycles. The van der Waals surface area contributed by atoms with Crippen LogP contribution in [0.15, 0.2) is 30.6 Å². The highest BCUT2D eigenvalue weighted by molar-refractivity contribution is 6.28. The van der Waals surface area contributed by atoms with Crippen molar-refractivity contribution < 1.29 is 9.53 Å². The highest BCUT2D eigenvalue weighted by atomic mass is 35.5. The number of nitrogens with one attached hydrogen (secondary N) is 1. The Morgan fingerprint density at radius 1 is 1.42 bits per heavy atom. The molecule has 1 heterocycles. The highest BCUT2D eigenvalue weighted by Gasteiger charge is 2.04. The van der Waals surface area contributed by atoms with Crippen LogP contribution in [0.1, 0.15) is 5.56 Å². The molecule has 0 aliphatic rings. The number of methoxy groups -OCH3 is 1. The molecule has 1 N–H and O–H groups in total. The van der Waals surface area contributed by atoms with Crippen LogP contribution in [0.25, 0.3) is 0 Å². The first-order valence-electron chi connectivity index (χ1n) is 5.44. The summed E-state index contributed by atoms with van der Waals surface area (Å²) in [5, 5.41) is 3.09. The molecule has 0 bridgehead atoms. The van der Waals surface area contributed by atoms with E-state index in [4.69, 9.17) is 11.6 Å². The fourth-order valence-corrected chi connectivity index (χ4v) is 1.59. The largest absolute Gasteiger partial charge is 0.469 e. The van der Waals surface area contributed by atoms with Gasteiger partial charge in [-0.15, -0.1) is 0 Å². The van der Waals surface area contributed by atoms with Gasteiger partial charge in [-0.05, 0) is 29.3 Å². The van der Waals surface area contributed by atoms with E-state index in [2.05, 4.69) is 25.0 Å². The second-order valence-corrected chi connectivity index (χ2v) is 3.99. The monoisotopic (exact) mass is 278 g/mol. The maximum absolute atomic E-state index is 11.2. The van der Waals surface area contributed by atoms with Crippen LogP contribution in [-0.2, 0) is 16.0 Å². The Labute approximate surface area is 114 Å². The Kier molecular flexibility index (Phi) is 4.25. The van der Waals surface area contributed by atoms with E-state index in [1.807, 2.05) is 24.3 Å². The second kappa shape index (κ2) is 6.10. The molecule has 0 fully saturated rings. The van der Waals surface area contributed by atoms with E-state index in [9.17, 15) is 4.79 Å². The van der Waals surface area contributed by atoms with Gasteiger partial charge in [0.15, 0.2) is 0 Å². The molecule has 19 heavy (non-hydrogen) atoms. The number of esters is 1. The third-order valence-corrected chi connectivity index (χ3v) is 2.48. The molecule has 98 valence electrons. The van der Waals surface area contributed by atoms with Crippen LogP contribution in [0, 0.1) is 0 Å². The van der Waals surface area contributed by atoms with Crippen molar-refractivity contribution in [2.75, 3.05) is 12.4 Å². The standard InChI is InChI=1S/C12H11ClN4O2/c1-19-10(18)6-8-3-2-4-9(5-8)16-12-15-7-14-11(13)17-12/h2-5,7H,6H2,1H3,(H,14,15,16,17). The summed E-state index contributed by atoms with van der Waals surface area (Å²) < 4.78 is 4.62. The summed E-state index contributed by atoms with van der Waals surface area (Å²) in [6.45, 7) is 0. The first-order chi connectivity index (χ1) is 9.17. The zero-order valence-electron chi connectivity index (χ0n) is 10.1. The first-order valence-corrected chi connectivity index (χ1v) is 5.82. The summed E-state index contributed by atoms with van der Waals surface area (Å²) in [5.41, 5.74) is 1.58. The summed E-state index contributed by atoms with van der Waals surface area (Å²) in [4.78, 5) is 22.7. The summed E-state index contributed by atoms with van der Waals surface area (Å²) in [7, 11) is 1.36. The smallest absolute Gasteiger partial charge is 0.309 e. The molecule has 1 aromatic heterocycles. The quantitative estimate of drug-likeness (QED) is 0.862. The number of halogens is 1. The molecule has 0 aliphatic carbocycles. The zero-order valence-corrected chi connectivity index (χ0v) is 10.9. The molecular formula is C12H11ClN4O2. The molecule has 2 aromatic rings. The number of aromatic nitrogens is 3. The lowest BCUT2D eigenvalue weighted by atomic mass is 10.1. The average molecular weight is 279 g/mol. The number of anilines is 2. The van der Waals surface area contributed by atoms with Crippen molar-refractivity contribution in [2.24, 2.45) is 0 Å². The van der Waals surface area contributed by atoms with E-state index >= 15 is 0 Å². The maximum Gasteiger partial charge on any atom is 0.309 e. The number of hydrogen-bond acceptors (Lipinski definition) is 6. The SMILES string of the molecule is COC(=O)Cc1cccc(Nc2ncnc(Cl)n2)c1. The lowest BCUT2D eigenvalue weighted by molar-refractivity contribution is -0.139. The van der Waals surface area contributed by atoms with Crippen molar-refractivity contribution >= 4 is 29.2 Å². The van der Waals surface area contributed by atoms with E-state index in [-0.39, 0.29) is 17.7 Å². The Morgan fingerprint density at radius 3 is 3.00 bits per heavy atom. The van der Waals surface area contributed by atoms with Crippen LogP contribution in [0.2, 0.25) is 5.28 Å². The van der Waals surface area contributed by atoms with E-state index in [0.717, 1.165) is 11.3 Å². The zero-order chi connectivity index (χ0) is 13.7. The van der Waals surface area contributed by atoms with Crippen LogP contribution in [-0.4, -0.2) is 28.0 Å². The van der Waals surface area contributed by atoms with Gasteiger partial charge >= 0.3 is 5.97 Å². The minimum Gasteiger partial charge on any atom is -0.469 e. The molecule has 0 saturated carbocycles. The van der Waals surface area contributed by atoms with Gasteiger partial charge in [0.25, 0.3) is 0 Å². The van der Waals surface area contributed by atoms with Crippen molar-refractivity contribution in [3.05, 3.63) is 41.4 Å². The first kappa shape index (κ1) is 13.2. The molecular weight excluding hydrogens is 268 g/mol. The average Bonchev–Trinajstić information content (AvgIpc) is 2.39. The summed E-state index contributed by atoms with van der Waals surface area (Å²) >= 11 is 5.67. The fraction of sp³-hybridized carbons (Fsp3) is 0.167. The minimum absolute atomic E-state index is 0.114. The van der Waals surface area contributed by atoms with Crippen LogP contribution < -0.4 is 5.32 Å². The maximum atomic E-state index is 11.2. The molecule has 0 amide bonds. The molecule has 0 radical (unpaired) electrons. The molecule has 6 nitrogen and oxygen atoms in total. The Balaban J connectivity index is 2.13. The van der Waals surface area contributed by atoms with Crippen molar-refractivity contribution in [1.82, 2.24) is 15.0 Å². The molecule has 2 rings (SSSR count). The van der Waals surface area contributed by atoms with Gasteiger partial charge in [0.05, 0.1) is 13.5 Å². The Morgan fingerprint density at radius 2 is 2.26 bits per heavy atom. The highest BCUT2D eigenvalue weighted by Crippen LogP contribution is 2.15. The van der Waals surface area contributed by atoms with Gasteiger partial charge in [-0.2, -0.15) is 4.98 Å². The van der Waals surface area contributed by atoms with Gasteiger partial charge in [0.1, 0.15) is 6.33 Å². The van der Waals surface area contributed by atoms with E-state index < -0.39 is 0 Å². The van der Waals surface area contributed by atoms with Crippen molar-refractivity contribution in [3.63, 3.8) is 0 Å². The Bertz CT molecular complexity index is 591. The second-order valence-electron chi connectivity index (χ2n) is 3.66. The molecule has 0 atom stereocenters. The van der Waals surface area contributed by atoms with Crippen molar-refractivity contribution in [2.45, 2.75) is 6.42 Å². The van der Waals surface area contributed by atoms with Gasteiger partial charge < -0.3 is 10.1 Å². The number of carbonyl (C=O) groups excluding carboxylic acids is 1. The van der Waals surface area contributed by atoms with Crippen LogP contribution in [0.3, 0.4) is 0 Å². The molecule has 0 unspecified atom stereocenters. The van der Waals surface area contributed by atoms with Crippen molar-refractivity contribution in [3.8, 4) is 0 Å². The van der Waals surface area contributed by atoms with Crippen LogP contribution >= 0.6 is 11.6 Å². The van der Waals surface area contributed by atoms with E-state index in [1.54, 1.807) is 0 Å². The number of rotatable bonds is 4. The van der Waals surface area contributed by atoms with Gasteiger partial charge in [-0.25, -0.2) is 9.97 Å². The van der Waals surface area contributed by atoms with Crippen LogP contribution in [0.4, 0.5) is 11.6 Å². The van der Waals surface area contributed by atoms with Gasteiger partial charge in [-0.3, -0.25) is 4.79 Å². The minimum atomic E-state index is -0.291. The molecule has 7 heteroatoms. The normalized spacial score (nSPS) is 10.0. The lowest BCUT2D eigenvalue weighted by Gasteiger charge is -2.06. The topological polar surface area (TPSA) is 77.0 Å². The van der Waals surface area contributed by atoms with E-state index in [1.165, 1.54) is 13.4 Å². The lowest BCUT2D eigenvalue weighted by Crippen LogP contribution is -2.05. The van der Waals surface area contributed by atoms with Gasteiger partial charge in [0.2, 0.25) is 11.2 Å². The number of benzene rings is 1. The molecule has 0 aliphatic heterocycles. The third-order valence-electron chi connectivity index (χ3n) is 2.30. The molecule has 0 spiro atoms. The molecule has 1 aromatic carbocycles. The predicted molar refractivity (Wildman–Crippen MR) is 70.3 cm³/mol. The number of nitrogens with zero attached hydrogens (tertiary/aromatic N) is 3.